The minimum atomic E-state index is -1.82. The highest BCUT2D eigenvalue weighted by atomic mass is 19.1. The molecule has 0 fully saturated rings. The lowest BCUT2D eigenvalue weighted by atomic mass is 9.79. The first-order valence-electron chi connectivity index (χ1n) is 5.90. The molecule has 0 saturated heterocycles. The Bertz CT molecular complexity index is 572. The first kappa shape index (κ1) is 13.6. The summed E-state index contributed by atoms with van der Waals surface area (Å²) in [5, 5.41) is 18.1. The summed E-state index contributed by atoms with van der Waals surface area (Å²) in [5.41, 5.74) is 1.61. The predicted octanol–water partition coefficient (Wildman–Crippen LogP) is 1.39. The van der Waals surface area contributed by atoms with E-state index < -0.39 is 12.9 Å². The smallest absolute Gasteiger partial charge is 0.489 e. The van der Waals surface area contributed by atoms with Gasteiger partial charge < -0.3 is 14.8 Å². The zero-order valence-corrected chi connectivity index (χ0v) is 10.5. The number of benzene rings is 2. The summed E-state index contributed by atoms with van der Waals surface area (Å²) in [6.07, 6.45) is 0. The van der Waals surface area contributed by atoms with E-state index in [1.807, 2.05) is 31.2 Å². The van der Waals surface area contributed by atoms with Crippen molar-refractivity contribution < 1.29 is 19.2 Å². The van der Waals surface area contributed by atoms with Crippen molar-refractivity contribution in [3.63, 3.8) is 0 Å². The fourth-order valence-electron chi connectivity index (χ4n) is 1.75. The van der Waals surface area contributed by atoms with Crippen LogP contribution in [0.2, 0.25) is 0 Å². The van der Waals surface area contributed by atoms with E-state index in [0.717, 1.165) is 11.3 Å². The second kappa shape index (κ2) is 5.86. The third kappa shape index (κ3) is 3.56. The van der Waals surface area contributed by atoms with Crippen LogP contribution in [-0.2, 0) is 6.61 Å². The SMILES string of the molecule is Cc1cccc(OCc2ccc(F)c(B(O)O)c2)c1. The summed E-state index contributed by atoms with van der Waals surface area (Å²) in [6.45, 7) is 2.20. The molecule has 0 aromatic heterocycles. The van der Waals surface area contributed by atoms with Gasteiger partial charge >= 0.3 is 7.12 Å². The zero-order valence-electron chi connectivity index (χ0n) is 10.5. The van der Waals surface area contributed by atoms with Crippen LogP contribution in [0.25, 0.3) is 0 Å². The standard InChI is InChI=1S/C14H14BFO3/c1-10-3-2-4-12(7-10)19-9-11-5-6-14(16)13(8-11)15(17)18/h2-8,17-18H,9H2,1H3. The summed E-state index contributed by atoms with van der Waals surface area (Å²) < 4.78 is 18.8. The van der Waals surface area contributed by atoms with Crippen LogP contribution >= 0.6 is 0 Å². The summed E-state index contributed by atoms with van der Waals surface area (Å²) in [6, 6.07) is 11.7. The molecule has 2 aromatic rings. The molecule has 98 valence electrons. The zero-order chi connectivity index (χ0) is 13.8. The Balaban J connectivity index is 2.09. The van der Waals surface area contributed by atoms with E-state index in [4.69, 9.17) is 14.8 Å². The van der Waals surface area contributed by atoms with Crippen LogP contribution in [0.15, 0.2) is 42.5 Å². The molecule has 0 spiro atoms. The highest BCUT2D eigenvalue weighted by molar-refractivity contribution is 6.58. The van der Waals surface area contributed by atoms with Gasteiger partial charge in [0, 0.05) is 5.46 Å². The van der Waals surface area contributed by atoms with E-state index in [-0.39, 0.29) is 12.1 Å². The molecule has 0 bridgehead atoms. The van der Waals surface area contributed by atoms with Crippen molar-refractivity contribution in [1.82, 2.24) is 0 Å². The second-order valence-corrected chi connectivity index (χ2v) is 4.33. The molecular formula is C14H14BFO3. The van der Waals surface area contributed by atoms with Gasteiger partial charge in [0.1, 0.15) is 18.2 Å². The normalized spacial score (nSPS) is 10.3. The Labute approximate surface area is 111 Å². The molecule has 2 rings (SSSR count). The van der Waals surface area contributed by atoms with Gasteiger partial charge in [0.2, 0.25) is 0 Å². The lowest BCUT2D eigenvalue weighted by Gasteiger charge is -2.09. The lowest BCUT2D eigenvalue weighted by Crippen LogP contribution is -2.33. The quantitative estimate of drug-likeness (QED) is 0.817. The van der Waals surface area contributed by atoms with Crippen molar-refractivity contribution in [2.75, 3.05) is 0 Å². The topological polar surface area (TPSA) is 49.7 Å². The van der Waals surface area contributed by atoms with Gasteiger partial charge in [-0.2, -0.15) is 0 Å². The molecule has 0 saturated carbocycles. The Hall–Kier alpha value is -1.85. The minimum absolute atomic E-state index is 0.148. The van der Waals surface area contributed by atoms with E-state index in [9.17, 15) is 4.39 Å². The van der Waals surface area contributed by atoms with Gasteiger partial charge in [0.15, 0.2) is 0 Å². The fourth-order valence-corrected chi connectivity index (χ4v) is 1.75. The monoisotopic (exact) mass is 260 g/mol. The lowest BCUT2D eigenvalue weighted by molar-refractivity contribution is 0.306. The molecule has 0 aliphatic rings. The number of hydrogen-bond acceptors (Lipinski definition) is 3. The molecule has 0 unspecified atom stereocenters. The van der Waals surface area contributed by atoms with Crippen LogP contribution in [0.4, 0.5) is 4.39 Å². The van der Waals surface area contributed by atoms with E-state index in [2.05, 4.69) is 0 Å². The maximum atomic E-state index is 13.3. The van der Waals surface area contributed by atoms with Gasteiger partial charge in [-0.15, -0.1) is 0 Å². The molecule has 19 heavy (non-hydrogen) atoms. The Kier molecular flexibility index (Phi) is 4.19. The van der Waals surface area contributed by atoms with E-state index in [1.165, 1.54) is 12.1 Å². The Morgan fingerprint density at radius 3 is 2.63 bits per heavy atom. The van der Waals surface area contributed by atoms with E-state index in [1.54, 1.807) is 6.07 Å². The highest BCUT2D eigenvalue weighted by Crippen LogP contribution is 2.14. The number of ether oxygens (including phenoxy) is 1. The summed E-state index contributed by atoms with van der Waals surface area (Å²) in [7, 11) is -1.82. The van der Waals surface area contributed by atoms with Crippen LogP contribution in [0.1, 0.15) is 11.1 Å². The molecule has 0 aliphatic heterocycles. The average molecular weight is 260 g/mol. The minimum Gasteiger partial charge on any atom is -0.489 e. The highest BCUT2D eigenvalue weighted by Gasteiger charge is 2.16. The van der Waals surface area contributed by atoms with Crippen molar-refractivity contribution in [2.45, 2.75) is 13.5 Å². The summed E-state index contributed by atoms with van der Waals surface area (Å²) in [4.78, 5) is 0. The molecule has 0 heterocycles. The molecule has 0 atom stereocenters. The number of hydrogen-bond donors (Lipinski definition) is 2. The molecule has 0 radical (unpaired) electrons. The molecule has 2 N–H and O–H groups in total. The molecular weight excluding hydrogens is 246 g/mol. The third-order valence-electron chi connectivity index (χ3n) is 2.73. The molecule has 5 heteroatoms. The van der Waals surface area contributed by atoms with Crippen LogP contribution in [0.3, 0.4) is 0 Å². The Morgan fingerprint density at radius 2 is 1.95 bits per heavy atom. The number of aryl methyl sites for hydroxylation is 1. The predicted molar refractivity (Wildman–Crippen MR) is 71.7 cm³/mol. The molecule has 3 nitrogen and oxygen atoms in total. The van der Waals surface area contributed by atoms with Crippen molar-refractivity contribution in [2.24, 2.45) is 0 Å². The van der Waals surface area contributed by atoms with Gasteiger partial charge in [-0.25, -0.2) is 4.39 Å². The number of halogens is 1. The van der Waals surface area contributed by atoms with Crippen molar-refractivity contribution in [1.29, 1.82) is 0 Å². The van der Waals surface area contributed by atoms with Gasteiger partial charge in [-0.3, -0.25) is 0 Å². The first-order valence-corrected chi connectivity index (χ1v) is 5.90. The molecule has 2 aromatic carbocycles. The first-order chi connectivity index (χ1) is 9.06. The van der Waals surface area contributed by atoms with Gasteiger partial charge in [-0.05, 0) is 36.2 Å². The van der Waals surface area contributed by atoms with Crippen LogP contribution in [0, 0.1) is 12.7 Å². The van der Waals surface area contributed by atoms with E-state index in [0.29, 0.717) is 5.56 Å². The number of rotatable bonds is 4. The van der Waals surface area contributed by atoms with Crippen molar-refractivity contribution in [3.05, 3.63) is 59.4 Å². The van der Waals surface area contributed by atoms with Gasteiger partial charge in [0.25, 0.3) is 0 Å². The largest absolute Gasteiger partial charge is 0.491 e. The third-order valence-corrected chi connectivity index (χ3v) is 2.73. The van der Waals surface area contributed by atoms with Gasteiger partial charge in [0.05, 0.1) is 0 Å². The summed E-state index contributed by atoms with van der Waals surface area (Å²) >= 11 is 0. The van der Waals surface area contributed by atoms with Crippen LogP contribution < -0.4 is 10.2 Å². The maximum absolute atomic E-state index is 13.3. The second-order valence-electron chi connectivity index (χ2n) is 4.33. The molecule has 0 aliphatic carbocycles. The fraction of sp³-hybridized carbons (Fsp3) is 0.143. The van der Waals surface area contributed by atoms with E-state index >= 15 is 0 Å². The van der Waals surface area contributed by atoms with Crippen molar-refractivity contribution >= 4 is 12.6 Å². The summed E-state index contributed by atoms with van der Waals surface area (Å²) in [5.74, 6) is 0.0738. The Morgan fingerprint density at radius 1 is 1.16 bits per heavy atom. The average Bonchev–Trinajstić information content (AvgIpc) is 2.37. The maximum Gasteiger partial charge on any atom is 0.491 e. The van der Waals surface area contributed by atoms with Crippen molar-refractivity contribution in [3.8, 4) is 5.75 Å². The van der Waals surface area contributed by atoms with Crippen LogP contribution in [0.5, 0.6) is 5.75 Å². The molecule has 0 amide bonds. The van der Waals surface area contributed by atoms with Crippen LogP contribution in [-0.4, -0.2) is 17.2 Å². The van der Waals surface area contributed by atoms with Gasteiger partial charge in [-0.1, -0.05) is 24.3 Å².